The number of nitrogens with zero attached hydrogens (tertiary/aromatic N) is 1. The number of fused-ring (bicyclic) bond motifs is 2. The molecule has 0 aromatic heterocycles. The second-order valence-electron chi connectivity index (χ2n) is 5.50. The second-order valence-corrected chi connectivity index (χ2v) is 5.50. The summed E-state index contributed by atoms with van der Waals surface area (Å²) in [6.07, 6.45) is 4.00. The summed E-state index contributed by atoms with van der Waals surface area (Å²) in [5, 5.41) is 11.3. The van der Waals surface area contributed by atoms with Gasteiger partial charge in [-0.1, -0.05) is 54.6 Å². The predicted octanol–water partition coefficient (Wildman–Crippen LogP) is 5.54. The van der Waals surface area contributed by atoms with Crippen LogP contribution in [0, 0.1) is 10.1 Å². The van der Waals surface area contributed by atoms with Crippen molar-refractivity contribution >= 4 is 17.8 Å². The van der Waals surface area contributed by atoms with Crippen LogP contribution in [-0.2, 0) is 0 Å². The first-order valence-electron chi connectivity index (χ1n) is 7.55. The Morgan fingerprint density at radius 3 is 2.33 bits per heavy atom. The molecular formula is C20H13NO3. The van der Waals surface area contributed by atoms with Crippen LogP contribution in [0.4, 0.5) is 5.69 Å². The van der Waals surface area contributed by atoms with E-state index in [1.54, 1.807) is 18.2 Å². The summed E-state index contributed by atoms with van der Waals surface area (Å²) >= 11 is 0. The van der Waals surface area contributed by atoms with Crippen molar-refractivity contribution in [2.45, 2.75) is 0 Å². The Labute approximate surface area is 138 Å². The molecule has 0 aliphatic carbocycles. The van der Waals surface area contributed by atoms with Crippen LogP contribution in [0.5, 0.6) is 11.5 Å². The Balaban J connectivity index is 1.83. The highest BCUT2D eigenvalue weighted by Gasteiger charge is 2.17. The summed E-state index contributed by atoms with van der Waals surface area (Å²) in [4.78, 5) is 10.9. The van der Waals surface area contributed by atoms with Gasteiger partial charge in [-0.25, -0.2) is 0 Å². The molecule has 1 aliphatic heterocycles. The fourth-order valence-electron chi connectivity index (χ4n) is 2.81. The van der Waals surface area contributed by atoms with Gasteiger partial charge in [0.25, 0.3) is 5.69 Å². The van der Waals surface area contributed by atoms with Gasteiger partial charge in [-0.3, -0.25) is 10.1 Å². The molecule has 1 aliphatic rings. The Hall–Kier alpha value is -3.40. The lowest BCUT2D eigenvalue weighted by Gasteiger charge is -2.11. The molecule has 3 aromatic carbocycles. The van der Waals surface area contributed by atoms with Crippen molar-refractivity contribution in [1.29, 1.82) is 0 Å². The van der Waals surface area contributed by atoms with Crippen LogP contribution in [0.25, 0.3) is 23.3 Å². The average Bonchev–Trinajstić information content (AvgIpc) is 2.80. The number of nitro groups is 1. The molecule has 0 amide bonds. The van der Waals surface area contributed by atoms with E-state index in [4.69, 9.17) is 4.74 Å². The van der Waals surface area contributed by atoms with E-state index in [0.29, 0.717) is 11.3 Å². The van der Waals surface area contributed by atoms with Crippen LogP contribution in [0.3, 0.4) is 0 Å². The number of para-hydroxylation sites is 2. The van der Waals surface area contributed by atoms with E-state index in [2.05, 4.69) is 0 Å². The molecule has 0 atom stereocenters. The van der Waals surface area contributed by atoms with Gasteiger partial charge in [-0.15, -0.1) is 0 Å². The van der Waals surface area contributed by atoms with Gasteiger partial charge in [0.2, 0.25) is 0 Å². The minimum absolute atomic E-state index is 0.0852. The molecule has 0 bridgehead atoms. The molecule has 0 radical (unpaired) electrons. The fraction of sp³-hybridized carbons (Fsp3) is 0. The van der Waals surface area contributed by atoms with Gasteiger partial charge in [0.1, 0.15) is 11.5 Å². The van der Waals surface area contributed by atoms with Gasteiger partial charge < -0.3 is 4.74 Å². The molecule has 0 unspecified atom stereocenters. The molecule has 1 heterocycles. The van der Waals surface area contributed by atoms with Crippen molar-refractivity contribution in [2.24, 2.45) is 0 Å². The summed E-state index contributed by atoms with van der Waals surface area (Å²) in [5.74, 6) is 1.46. The van der Waals surface area contributed by atoms with Crippen molar-refractivity contribution in [2.75, 3.05) is 0 Å². The van der Waals surface area contributed by atoms with Crippen LogP contribution >= 0.6 is 0 Å². The fourth-order valence-corrected chi connectivity index (χ4v) is 2.81. The highest BCUT2D eigenvalue weighted by atomic mass is 16.6. The molecule has 0 saturated heterocycles. The van der Waals surface area contributed by atoms with Crippen LogP contribution in [0.15, 0.2) is 66.7 Å². The minimum atomic E-state index is -0.364. The Morgan fingerprint density at radius 1 is 0.792 bits per heavy atom. The van der Waals surface area contributed by atoms with Crippen molar-refractivity contribution in [1.82, 2.24) is 0 Å². The SMILES string of the molecule is O=[N+]([O-])c1ccccc1-c1ccc2c(c1)Oc1ccccc1C=C2. The molecule has 4 nitrogen and oxygen atoms in total. The number of nitro benzene ring substituents is 1. The molecule has 116 valence electrons. The monoisotopic (exact) mass is 315 g/mol. The first kappa shape index (κ1) is 14.2. The van der Waals surface area contributed by atoms with E-state index in [1.165, 1.54) is 6.07 Å². The van der Waals surface area contributed by atoms with E-state index in [0.717, 1.165) is 22.4 Å². The van der Waals surface area contributed by atoms with Crippen molar-refractivity contribution in [3.8, 4) is 22.6 Å². The number of benzene rings is 3. The maximum absolute atomic E-state index is 11.3. The third kappa shape index (κ3) is 2.44. The maximum Gasteiger partial charge on any atom is 0.277 e. The summed E-state index contributed by atoms with van der Waals surface area (Å²) in [6.45, 7) is 0. The van der Waals surface area contributed by atoms with Gasteiger partial charge in [-0.2, -0.15) is 0 Å². The average molecular weight is 315 g/mol. The second kappa shape index (κ2) is 5.66. The molecule has 4 heteroatoms. The molecular weight excluding hydrogens is 302 g/mol. The van der Waals surface area contributed by atoms with Gasteiger partial charge in [0.15, 0.2) is 0 Å². The zero-order valence-electron chi connectivity index (χ0n) is 12.7. The molecule has 0 saturated carbocycles. The van der Waals surface area contributed by atoms with Gasteiger partial charge in [0, 0.05) is 17.2 Å². The van der Waals surface area contributed by atoms with Crippen molar-refractivity contribution in [3.05, 3.63) is 88.0 Å². The zero-order valence-corrected chi connectivity index (χ0v) is 12.7. The number of hydrogen-bond donors (Lipinski definition) is 0. The molecule has 0 spiro atoms. The van der Waals surface area contributed by atoms with E-state index in [-0.39, 0.29) is 10.6 Å². The standard InChI is InChI=1S/C20H13NO3/c22-21(23)18-7-3-2-6-17(18)16-12-11-15-10-9-14-5-1-4-8-19(14)24-20(15)13-16/h1-13H. The van der Waals surface area contributed by atoms with Crippen LogP contribution in [-0.4, -0.2) is 4.92 Å². The topological polar surface area (TPSA) is 52.4 Å². The van der Waals surface area contributed by atoms with E-state index >= 15 is 0 Å². The number of rotatable bonds is 2. The van der Waals surface area contributed by atoms with Crippen molar-refractivity contribution < 1.29 is 9.66 Å². The van der Waals surface area contributed by atoms with Crippen LogP contribution in [0.2, 0.25) is 0 Å². The van der Waals surface area contributed by atoms with Gasteiger partial charge in [0.05, 0.1) is 10.5 Å². The Bertz CT molecular complexity index is 976. The molecule has 24 heavy (non-hydrogen) atoms. The Kier molecular flexibility index (Phi) is 3.35. The smallest absolute Gasteiger partial charge is 0.277 e. The summed E-state index contributed by atoms with van der Waals surface area (Å²) < 4.78 is 6.03. The molecule has 0 fully saturated rings. The summed E-state index contributed by atoms with van der Waals surface area (Å²) in [5.41, 5.74) is 3.36. The first-order valence-corrected chi connectivity index (χ1v) is 7.55. The number of ether oxygens (including phenoxy) is 1. The van der Waals surface area contributed by atoms with Crippen LogP contribution < -0.4 is 4.74 Å². The highest BCUT2D eigenvalue weighted by Crippen LogP contribution is 2.38. The summed E-state index contributed by atoms with van der Waals surface area (Å²) in [6, 6.07) is 20.2. The normalized spacial score (nSPS) is 11.8. The molecule has 4 rings (SSSR count). The van der Waals surface area contributed by atoms with Crippen LogP contribution in [0.1, 0.15) is 11.1 Å². The van der Waals surface area contributed by atoms with Gasteiger partial charge >= 0.3 is 0 Å². The van der Waals surface area contributed by atoms with E-state index in [9.17, 15) is 10.1 Å². The van der Waals surface area contributed by atoms with Gasteiger partial charge in [-0.05, 0) is 23.8 Å². The third-order valence-electron chi connectivity index (χ3n) is 4.01. The lowest BCUT2D eigenvalue weighted by molar-refractivity contribution is -0.384. The Morgan fingerprint density at radius 2 is 1.50 bits per heavy atom. The van der Waals surface area contributed by atoms with E-state index < -0.39 is 0 Å². The summed E-state index contributed by atoms with van der Waals surface area (Å²) in [7, 11) is 0. The number of hydrogen-bond acceptors (Lipinski definition) is 3. The highest BCUT2D eigenvalue weighted by molar-refractivity contribution is 5.81. The minimum Gasteiger partial charge on any atom is -0.456 e. The first-order chi connectivity index (χ1) is 11.7. The third-order valence-corrected chi connectivity index (χ3v) is 4.01. The quantitative estimate of drug-likeness (QED) is 0.360. The van der Waals surface area contributed by atoms with E-state index in [1.807, 2.05) is 54.6 Å². The molecule has 0 N–H and O–H groups in total. The molecule has 3 aromatic rings. The lowest BCUT2D eigenvalue weighted by Crippen LogP contribution is -1.93. The predicted molar refractivity (Wildman–Crippen MR) is 94.0 cm³/mol. The largest absolute Gasteiger partial charge is 0.456 e. The van der Waals surface area contributed by atoms with Crippen molar-refractivity contribution in [3.63, 3.8) is 0 Å². The lowest BCUT2D eigenvalue weighted by atomic mass is 10.0. The zero-order chi connectivity index (χ0) is 16.5. The maximum atomic E-state index is 11.3.